The Morgan fingerprint density at radius 2 is 2.11 bits per heavy atom. The normalized spacial score (nSPS) is 10.8. The third kappa shape index (κ3) is 1.89. The number of aryl methyl sites for hydroxylation is 1. The van der Waals surface area contributed by atoms with Crippen LogP contribution in [0.3, 0.4) is 0 Å². The Morgan fingerprint density at radius 1 is 1.26 bits per heavy atom. The summed E-state index contributed by atoms with van der Waals surface area (Å²) < 4.78 is 15.0. The second-order valence-electron chi connectivity index (χ2n) is 4.16. The maximum absolute atomic E-state index is 13.7. The molecule has 0 spiro atoms. The van der Waals surface area contributed by atoms with Gasteiger partial charge in [0.2, 0.25) is 0 Å². The van der Waals surface area contributed by atoms with Gasteiger partial charge in [-0.1, -0.05) is 18.2 Å². The lowest BCUT2D eigenvalue weighted by Crippen LogP contribution is -2.14. The summed E-state index contributed by atoms with van der Waals surface area (Å²) in [6.07, 6.45) is 3.10. The first-order valence-electron chi connectivity index (χ1n) is 5.77. The number of aromatic nitrogens is 3. The number of rotatable bonds is 1. The summed E-state index contributed by atoms with van der Waals surface area (Å²) >= 11 is 0. The molecule has 0 aliphatic rings. The molecule has 0 saturated carbocycles. The molecule has 0 fully saturated rings. The molecule has 0 aliphatic carbocycles. The Balaban J connectivity index is 2.14. The predicted octanol–water partition coefficient (Wildman–Crippen LogP) is 2.57. The number of fused-ring (bicyclic) bond motifs is 1. The SMILES string of the molecule is Cc1nccn1C(=O)c1ccc2cccc(F)c2n1. The number of pyridine rings is 1. The summed E-state index contributed by atoms with van der Waals surface area (Å²) in [6.45, 7) is 1.72. The van der Waals surface area contributed by atoms with Crippen molar-refractivity contribution in [3.63, 3.8) is 0 Å². The van der Waals surface area contributed by atoms with Crippen molar-refractivity contribution in [2.45, 2.75) is 6.92 Å². The second kappa shape index (κ2) is 4.28. The van der Waals surface area contributed by atoms with Gasteiger partial charge in [0.1, 0.15) is 22.9 Å². The summed E-state index contributed by atoms with van der Waals surface area (Å²) in [6, 6.07) is 7.96. The van der Waals surface area contributed by atoms with Crippen LogP contribution < -0.4 is 0 Å². The molecule has 2 heterocycles. The minimum absolute atomic E-state index is 0.193. The monoisotopic (exact) mass is 255 g/mol. The van der Waals surface area contributed by atoms with Crippen molar-refractivity contribution in [3.8, 4) is 0 Å². The van der Waals surface area contributed by atoms with E-state index >= 15 is 0 Å². The number of imidazole rings is 1. The number of para-hydroxylation sites is 1. The number of carbonyl (C=O) groups is 1. The summed E-state index contributed by atoms with van der Waals surface area (Å²) in [5.41, 5.74) is 0.393. The maximum Gasteiger partial charge on any atom is 0.281 e. The molecule has 0 aliphatic heterocycles. The molecule has 0 bridgehead atoms. The molecule has 94 valence electrons. The molecule has 19 heavy (non-hydrogen) atoms. The molecule has 0 atom stereocenters. The Kier molecular flexibility index (Phi) is 2.59. The van der Waals surface area contributed by atoms with Gasteiger partial charge in [0.15, 0.2) is 0 Å². The van der Waals surface area contributed by atoms with Gasteiger partial charge in [0.25, 0.3) is 5.91 Å². The smallest absolute Gasteiger partial charge is 0.268 e. The van der Waals surface area contributed by atoms with Crippen molar-refractivity contribution in [1.29, 1.82) is 0 Å². The largest absolute Gasteiger partial charge is 0.281 e. The fraction of sp³-hybridized carbons (Fsp3) is 0.0714. The molecule has 0 radical (unpaired) electrons. The third-order valence-corrected chi connectivity index (χ3v) is 2.93. The molecule has 1 aromatic carbocycles. The van der Waals surface area contributed by atoms with Gasteiger partial charge in [-0.2, -0.15) is 0 Å². The van der Waals surface area contributed by atoms with Crippen LogP contribution in [-0.2, 0) is 0 Å². The first kappa shape index (κ1) is 11.5. The Labute approximate surface area is 108 Å². The van der Waals surface area contributed by atoms with Crippen molar-refractivity contribution < 1.29 is 9.18 Å². The van der Waals surface area contributed by atoms with E-state index in [1.807, 2.05) is 0 Å². The van der Waals surface area contributed by atoms with Crippen LogP contribution in [0.15, 0.2) is 42.7 Å². The highest BCUT2D eigenvalue weighted by atomic mass is 19.1. The molecule has 0 amide bonds. The van der Waals surface area contributed by atoms with Crippen molar-refractivity contribution in [2.24, 2.45) is 0 Å². The van der Waals surface area contributed by atoms with Crippen LogP contribution in [0.5, 0.6) is 0 Å². The molecular weight excluding hydrogens is 245 g/mol. The quantitative estimate of drug-likeness (QED) is 0.671. The van der Waals surface area contributed by atoms with E-state index in [2.05, 4.69) is 9.97 Å². The topological polar surface area (TPSA) is 47.8 Å². The van der Waals surface area contributed by atoms with Gasteiger partial charge in [0.05, 0.1) is 0 Å². The van der Waals surface area contributed by atoms with Crippen LogP contribution in [0.2, 0.25) is 0 Å². The molecule has 5 heteroatoms. The first-order chi connectivity index (χ1) is 9.16. The van der Waals surface area contributed by atoms with Gasteiger partial charge in [-0.3, -0.25) is 9.36 Å². The summed E-state index contributed by atoms with van der Waals surface area (Å²) in [7, 11) is 0. The van der Waals surface area contributed by atoms with E-state index in [1.54, 1.807) is 37.4 Å². The highest BCUT2D eigenvalue weighted by molar-refractivity contribution is 5.96. The molecule has 4 nitrogen and oxygen atoms in total. The Hall–Kier alpha value is -2.56. The Morgan fingerprint density at radius 3 is 2.84 bits per heavy atom. The van der Waals surface area contributed by atoms with Gasteiger partial charge >= 0.3 is 0 Å². The van der Waals surface area contributed by atoms with Crippen molar-refractivity contribution in [2.75, 3.05) is 0 Å². The van der Waals surface area contributed by atoms with Crippen molar-refractivity contribution in [1.82, 2.24) is 14.5 Å². The van der Waals surface area contributed by atoms with E-state index < -0.39 is 5.82 Å². The van der Waals surface area contributed by atoms with Crippen LogP contribution in [0.4, 0.5) is 4.39 Å². The minimum Gasteiger partial charge on any atom is -0.268 e. The fourth-order valence-electron chi connectivity index (χ4n) is 1.95. The summed E-state index contributed by atoms with van der Waals surface area (Å²) in [5, 5.41) is 0.666. The lowest BCUT2D eigenvalue weighted by atomic mass is 10.2. The van der Waals surface area contributed by atoms with E-state index in [4.69, 9.17) is 0 Å². The van der Waals surface area contributed by atoms with E-state index in [9.17, 15) is 9.18 Å². The van der Waals surface area contributed by atoms with E-state index in [-0.39, 0.29) is 17.1 Å². The number of hydrogen-bond acceptors (Lipinski definition) is 3. The molecular formula is C14H10FN3O. The fourth-order valence-corrected chi connectivity index (χ4v) is 1.95. The first-order valence-corrected chi connectivity index (χ1v) is 5.77. The summed E-state index contributed by atoms with van der Waals surface area (Å²) in [4.78, 5) is 20.3. The van der Waals surface area contributed by atoms with Crippen molar-refractivity contribution >= 4 is 16.8 Å². The van der Waals surface area contributed by atoms with E-state index in [1.165, 1.54) is 16.8 Å². The van der Waals surface area contributed by atoms with Crippen LogP contribution in [-0.4, -0.2) is 20.4 Å². The maximum atomic E-state index is 13.7. The van der Waals surface area contributed by atoms with Crippen LogP contribution in [0, 0.1) is 12.7 Å². The lowest BCUT2D eigenvalue weighted by Gasteiger charge is -2.05. The standard InChI is InChI=1S/C14H10FN3O/c1-9-16-7-8-18(9)14(19)12-6-5-10-3-2-4-11(15)13(10)17-12/h2-8H,1H3. The number of carbonyl (C=O) groups excluding carboxylic acids is 1. The van der Waals surface area contributed by atoms with E-state index in [0.29, 0.717) is 11.2 Å². The zero-order valence-electron chi connectivity index (χ0n) is 10.2. The zero-order valence-corrected chi connectivity index (χ0v) is 10.2. The predicted molar refractivity (Wildman–Crippen MR) is 68.4 cm³/mol. The third-order valence-electron chi connectivity index (χ3n) is 2.93. The van der Waals surface area contributed by atoms with E-state index in [0.717, 1.165) is 0 Å². The van der Waals surface area contributed by atoms with Gasteiger partial charge in [-0.05, 0) is 19.1 Å². The summed E-state index contributed by atoms with van der Waals surface area (Å²) in [5.74, 6) is -0.185. The molecule has 2 aromatic heterocycles. The average molecular weight is 255 g/mol. The average Bonchev–Trinajstić information content (AvgIpc) is 2.84. The molecule has 3 aromatic rings. The number of nitrogens with zero attached hydrogens (tertiary/aromatic N) is 3. The van der Waals surface area contributed by atoms with Gasteiger partial charge in [-0.15, -0.1) is 0 Å². The minimum atomic E-state index is -0.436. The molecule has 0 saturated heterocycles. The van der Waals surface area contributed by atoms with Gasteiger partial charge < -0.3 is 0 Å². The van der Waals surface area contributed by atoms with Crippen LogP contribution >= 0.6 is 0 Å². The number of hydrogen-bond donors (Lipinski definition) is 0. The van der Waals surface area contributed by atoms with Crippen LogP contribution in [0.25, 0.3) is 10.9 Å². The molecule has 0 unspecified atom stereocenters. The van der Waals surface area contributed by atoms with Gasteiger partial charge in [-0.25, -0.2) is 14.4 Å². The highest BCUT2D eigenvalue weighted by Gasteiger charge is 2.13. The highest BCUT2D eigenvalue weighted by Crippen LogP contribution is 2.16. The van der Waals surface area contributed by atoms with Gasteiger partial charge in [0, 0.05) is 17.8 Å². The zero-order chi connectivity index (χ0) is 13.4. The number of benzene rings is 1. The molecule has 0 N–H and O–H groups in total. The number of halogens is 1. The molecule has 3 rings (SSSR count). The van der Waals surface area contributed by atoms with Crippen LogP contribution in [0.1, 0.15) is 16.3 Å². The van der Waals surface area contributed by atoms with Crippen molar-refractivity contribution in [3.05, 3.63) is 60.1 Å². The second-order valence-corrected chi connectivity index (χ2v) is 4.16. The lowest BCUT2D eigenvalue weighted by molar-refractivity contribution is 0.0953. The Bertz CT molecular complexity index is 779.